The van der Waals surface area contributed by atoms with Crippen molar-refractivity contribution in [2.75, 3.05) is 13.2 Å². The second-order valence-electron chi connectivity index (χ2n) is 9.55. The number of carbonyl (C=O) groups excluding carboxylic acids is 4. The fourth-order valence-electron chi connectivity index (χ4n) is 3.71. The number of ether oxygens (including phenoxy) is 2. The van der Waals surface area contributed by atoms with Crippen molar-refractivity contribution >= 4 is 23.6 Å². The molecule has 0 fully saturated rings. The van der Waals surface area contributed by atoms with Crippen LogP contribution in [-0.2, 0) is 25.6 Å². The molecule has 0 aliphatic carbocycles. The fourth-order valence-corrected chi connectivity index (χ4v) is 3.71. The molecule has 2 aromatic carbocycles. The minimum absolute atomic E-state index is 0.0427. The van der Waals surface area contributed by atoms with Crippen molar-refractivity contribution in [1.82, 2.24) is 20.6 Å². The molecule has 11 heteroatoms. The zero-order valence-electron chi connectivity index (χ0n) is 23.0. The van der Waals surface area contributed by atoms with Crippen LogP contribution in [0.4, 0.5) is 0 Å². The van der Waals surface area contributed by atoms with Gasteiger partial charge in [-0.2, -0.15) is 5.10 Å². The molecule has 0 spiro atoms. The molecule has 0 radical (unpaired) electrons. The largest absolute Gasteiger partial charge is 0.463 e. The van der Waals surface area contributed by atoms with E-state index in [2.05, 4.69) is 15.6 Å². The second-order valence-corrected chi connectivity index (χ2v) is 9.55. The first kappa shape index (κ1) is 30.2. The average molecular weight is 550 g/mol. The molecule has 0 saturated carbocycles. The predicted molar refractivity (Wildman–Crippen MR) is 148 cm³/mol. The molecule has 1 aromatic heterocycles. The number of aromatic nitrogens is 2. The molecule has 4 N–H and O–H groups in total. The summed E-state index contributed by atoms with van der Waals surface area (Å²) < 4.78 is 10.6. The summed E-state index contributed by atoms with van der Waals surface area (Å²) in [5.41, 5.74) is 11.7. The number of benzene rings is 2. The molecule has 1 heterocycles. The summed E-state index contributed by atoms with van der Waals surface area (Å²) in [4.78, 5) is 50.0. The van der Waals surface area contributed by atoms with Crippen molar-refractivity contribution in [2.24, 2.45) is 11.7 Å². The Morgan fingerprint density at radius 1 is 1.00 bits per heavy atom. The lowest BCUT2D eigenvalue weighted by Gasteiger charge is -2.28. The summed E-state index contributed by atoms with van der Waals surface area (Å²) in [7, 11) is 0. The minimum atomic E-state index is -1.37. The number of nitrogens with two attached hydrogens (primary N) is 1. The predicted octanol–water partition coefficient (Wildman–Crippen LogP) is 2.88. The molecule has 3 rings (SSSR count). The number of hydrogen-bond acceptors (Lipinski definition) is 9. The molecule has 0 unspecified atom stereocenters. The van der Waals surface area contributed by atoms with Gasteiger partial charge in [0.2, 0.25) is 6.10 Å². The molecule has 11 nitrogen and oxygen atoms in total. The molecule has 3 aromatic rings. The van der Waals surface area contributed by atoms with Crippen LogP contribution < -0.4 is 11.2 Å². The van der Waals surface area contributed by atoms with Crippen molar-refractivity contribution in [3.8, 4) is 11.1 Å². The van der Waals surface area contributed by atoms with E-state index in [1.165, 1.54) is 18.0 Å². The molecule has 0 aliphatic rings. The van der Waals surface area contributed by atoms with Crippen LogP contribution >= 0.6 is 0 Å². The number of hydrogen-bond donors (Lipinski definition) is 3. The van der Waals surface area contributed by atoms with E-state index < -0.39 is 30.0 Å². The number of aromatic amines is 1. The maximum atomic E-state index is 13.0. The molecule has 0 saturated heterocycles. The summed E-state index contributed by atoms with van der Waals surface area (Å²) in [6.45, 7) is 6.48. The zero-order chi connectivity index (χ0) is 29.2. The van der Waals surface area contributed by atoms with Gasteiger partial charge in [-0.1, -0.05) is 68.4 Å². The average Bonchev–Trinajstić information content (AvgIpc) is 3.44. The van der Waals surface area contributed by atoms with Gasteiger partial charge in [-0.05, 0) is 35.6 Å². The second kappa shape index (κ2) is 14.2. The van der Waals surface area contributed by atoms with Gasteiger partial charge in [-0.15, -0.1) is 0 Å². The van der Waals surface area contributed by atoms with E-state index in [9.17, 15) is 19.2 Å². The minimum Gasteiger partial charge on any atom is -0.463 e. The molecule has 2 atom stereocenters. The van der Waals surface area contributed by atoms with Gasteiger partial charge in [0.15, 0.2) is 5.78 Å². The Balaban J connectivity index is 1.86. The third-order valence-electron chi connectivity index (χ3n) is 6.06. The van der Waals surface area contributed by atoms with Gasteiger partial charge in [0, 0.05) is 13.5 Å². The van der Waals surface area contributed by atoms with Gasteiger partial charge in [0.25, 0.3) is 5.91 Å². The van der Waals surface area contributed by atoms with Gasteiger partial charge in [-0.25, -0.2) is 9.80 Å². The lowest BCUT2D eigenvalue weighted by atomic mass is 10.0. The number of nitrogens with zero attached hydrogens (tertiary/aromatic N) is 2. The Bertz CT molecular complexity index is 1310. The van der Waals surface area contributed by atoms with Gasteiger partial charge >= 0.3 is 11.9 Å². The maximum absolute atomic E-state index is 13.0. The van der Waals surface area contributed by atoms with Gasteiger partial charge < -0.3 is 15.2 Å². The lowest BCUT2D eigenvalue weighted by Crippen LogP contribution is -2.50. The van der Waals surface area contributed by atoms with E-state index in [1.54, 1.807) is 20.8 Å². The smallest absolute Gasteiger partial charge is 0.348 e. The van der Waals surface area contributed by atoms with Crippen LogP contribution in [0.5, 0.6) is 0 Å². The fraction of sp³-hybridized carbons (Fsp3) is 0.345. The zero-order valence-corrected chi connectivity index (χ0v) is 23.0. The number of nitrogens with one attached hydrogen (secondary N) is 2. The Kier molecular flexibility index (Phi) is 10.7. The Morgan fingerprint density at radius 2 is 1.65 bits per heavy atom. The van der Waals surface area contributed by atoms with Crippen LogP contribution in [0.2, 0.25) is 0 Å². The van der Waals surface area contributed by atoms with Gasteiger partial charge in [0.1, 0.15) is 17.4 Å². The molecule has 1 amide bonds. The highest BCUT2D eigenvalue weighted by Gasteiger charge is 2.31. The number of H-pyrrole nitrogens is 1. The van der Waals surface area contributed by atoms with Crippen molar-refractivity contribution in [2.45, 2.75) is 46.4 Å². The Labute approximate surface area is 233 Å². The van der Waals surface area contributed by atoms with Crippen LogP contribution in [0, 0.1) is 5.92 Å². The van der Waals surface area contributed by atoms with Crippen LogP contribution in [0.15, 0.2) is 60.7 Å². The van der Waals surface area contributed by atoms with Crippen LogP contribution in [-0.4, -0.2) is 64.1 Å². The third-order valence-corrected chi connectivity index (χ3v) is 6.06. The molecule has 0 bridgehead atoms. The van der Waals surface area contributed by atoms with Crippen LogP contribution in [0.25, 0.3) is 11.1 Å². The van der Waals surface area contributed by atoms with Crippen LogP contribution in [0.3, 0.4) is 0 Å². The standard InChI is InChI=1S/C29H35N5O6/c1-5-39-28(37)25(40-29(38)26(30)18(2)3)17-34(33-27(36)24-15-23(19(4)35)31-32-24)16-20-11-13-22(14-12-20)21-9-7-6-8-10-21/h6-15,18,25-26H,5,16-17,30H2,1-4H3,(H,31,32)(H,33,36)/t25-,26+/m1/s1. The van der Waals surface area contributed by atoms with E-state index in [4.69, 9.17) is 15.2 Å². The summed E-state index contributed by atoms with van der Waals surface area (Å²) in [5.74, 6) is -2.66. The number of esters is 2. The number of amides is 1. The lowest BCUT2D eigenvalue weighted by molar-refractivity contribution is -0.170. The number of Topliss-reactive ketones (excluding diaryl/α,β-unsaturated/α-hetero) is 1. The molecular formula is C29H35N5O6. The summed E-state index contributed by atoms with van der Waals surface area (Å²) >= 11 is 0. The highest BCUT2D eigenvalue weighted by atomic mass is 16.6. The van der Waals surface area contributed by atoms with Crippen LogP contribution in [0.1, 0.15) is 54.2 Å². The maximum Gasteiger partial charge on any atom is 0.348 e. The molecule has 40 heavy (non-hydrogen) atoms. The van der Waals surface area contributed by atoms with E-state index in [0.717, 1.165) is 16.7 Å². The first-order valence-corrected chi connectivity index (χ1v) is 13.0. The number of ketones is 1. The highest BCUT2D eigenvalue weighted by molar-refractivity contribution is 5.97. The van der Waals surface area contributed by atoms with Crippen molar-refractivity contribution in [1.29, 1.82) is 0 Å². The highest BCUT2D eigenvalue weighted by Crippen LogP contribution is 2.20. The molecule has 212 valence electrons. The first-order chi connectivity index (χ1) is 19.1. The monoisotopic (exact) mass is 549 g/mol. The molecule has 0 aliphatic heterocycles. The number of hydrazine groups is 1. The van der Waals surface area contributed by atoms with Gasteiger partial charge in [-0.3, -0.25) is 24.9 Å². The normalized spacial score (nSPS) is 12.6. The summed E-state index contributed by atoms with van der Waals surface area (Å²) in [6, 6.07) is 17.9. The van der Waals surface area contributed by atoms with E-state index in [0.29, 0.717) is 0 Å². The van der Waals surface area contributed by atoms with Crippen molar-refractivity contribution in [3.63, 3.8) is 0 Å². The number of rotatable bonds is 13. The summed E-state index contributed by atoms with van der Waals surface area (Å²) in [5, 5.41) is 7.81. The third kappa shape index (κ3) is 8.32. The Hall–Kier alpha value is -4.35. The topological polar surface area (TPSA) is 157 Å². The summed E-state index contributed by atoms with van der Waals surface area (Å²) in [6.07, 6.45) is -1.37. The van der Waals surface area contributed by atoms with E-state index in [1.807, 2.05) is 54.6 Å². The first-order valence-electron chi connectivity index (χ1n) is 13.0. The SMILES string of the molecule is CCOC(=O)[C@@H](CN(Cc1ccc(-c2ccccc2)cc1)NC(=O)c1cc(C(C)=O)n[nH]1)OC(=O)[C@@H](N)C(C)C. The number of carbonyl (C=O) groups is 4. The van der Waals surface area contributed by atoms with E-state index in [-0.39, 0.29) is 42.8 Å². The quantitative estimate of drug-likeness (QED) is 0.166. The van der Waals surface area contributed by atoms with Crippen molar-refractivity contribution < 1.29 is 28.7 Å². The molecular weight excluding hydrogens is 514 g/mol. The van der Waals surface area contributed by atoms with Gasteiger partial charge in [0.05, 0.1) is 13.2 Å². The Morgan fingerprint density at radius 3 is 2.23 bits per heavy atom. The van der Waals surface area contributed by atoms with E-state index >= 15 is 0 Å². The van der Waals surface area contributed by atoms with Crippen molar-refractivity contribution in [3.05, 3.63) is 77.6 Å².